The maximum Gasteiger partial charge on any atom is 0.258 e. The first-order valence-corrected chi connectivity index (χ1v) is 23.3. The van der Waals surface area contributed by atoms with Gasteiger partial charge in [-0.15, -0.1) is 0 Å². The summed E-state index contributed by atoms with van der Waals surface area (Å²) >= 11 is 0. The largest absolute Gasteiger partial charge is 0.396 e. The van der Waals surface area contributed by atoms with Crippen LogP contribution >= 0.6 is 0 Å². The van der Waals surface area contributed by atoms with Crippen LogP contribution in [0.2, 0.25) is 0 Å². The molecule has 66 heavy (non-hydrogen) atoms. The third-order valence-electron chi connectivity index (χ3n) is 14.4. The minimum atomic E-state index is -0.649. The quantitative estimate of drug-likeness (QED) is 0.141. The summed E-state index contributed by atoms with van der Waals surface area (Å²) in [6, 6.07) is 23.6. The number of nitrogens with one attached hydrogen (secondary N) is 2. The summed E-state index contributed by atoms with van der Waals surface area (Å²) in [5.74, 6) is -1.85. The van der Waals surface area contributed by atoms with Crippen LogP contribution in [0, 0.1) is 35.5 Å². The maximum atomic E-state index is 13.5. The molecule has 0 unspecified atom stereocenters. The number of allylic oxidation sites excluding steroid dienone is 2. The molecule has 2 saturated carbocycles. The third-order valence-corrected chi connectivity index (χ3v) is 14.4. The number of para-hydroxylation sites is 2. The summed E-state index contributed by atoms with van der Waals surface area (Å²) in [7, 11) is 0. The van der Waals surface area contributed by atoms with E-state index in [4.69, 9.17) is 0 Å². The van der Waals surface area contributed by atoms with Crippen molar-refractivity contribution in [1.29, 1.82) is 0 Å². The molecule has 4 fully saturated rings. The van der Waals surface area contributed by atoms with Crippen molar-refractivity contribution in [3.8, 4) is 0 Å². The van der Waals surface area contributed by atoms with E-state index in [1.165, 1.54) is 0 Å². The number of carbonyl (C=O) groups is 4. The molecule has 4 N–H and O–H groups in total. The zero-order chi connectivity index (χ0) is 46.2. The fourth-order valence-corrected chi connectivity index (χ4v) is 11.0. The lowest BCUT2D eigenvalue weighted by molar-refractivity contribution is -0.138. The Kier molecular flexibility index (Phi) is 12.8. The summed E-state index contributed by atoms with van der Waals surface area (Å²) in [6.45, 7) is 3.82. The molecule has 0 radical (unpaired) electrons. The second-order valence-electron chi connectivity index (χ2n) is 18.6. The van der Waals surface area contributed by atoms with Gasteiger partial charge in [0.1, 0.15) is 0 Å². The van der Waals surface area contributed by atoms with Crippen LogP contribution in [-0.4, -0.2) is 78.1 Å². The Morgan fingerprint density at radius 1 is 0.576 bits per heavy atom. The first kappa shape index (κ1) is 44.8. The van der Waals surface area contributed by atoms with Crippen molar-refractivity contribution >= 4 is 47.2 Å². The molecule has 4 aromatic rings. The highest BCUT2D eigenvalue weighted by Gasteiger charge is 2.59. The van der Waals surface area contributed by atoms with Gasteiger partial charge in [0, 0.05) is 84.9 Å². The standard InChI is InChI=1S/2C26H29N3O4/c2*1-2-6-17-11-12-20-24-23(25(32)27-18-7-4-3-5-8-18)19(15-30)21(14-28(20)26(17)33)29(24)22(31)13-16-9-10-16/h2*2-8,11-12,16,19,21,23-24,30H,9-10,13-15H2,1H3,(H,27,32)/b6-2+;6-2-/t2*19-,21-,23+,24+/m11/s1. The summed E-state index contributed by atoms with van der Waals surface area (Å²) in [6.07, 6.45) is 12.3. The van der Waals surface area contributed by atoms with Crippen molar-refractivity contribution in [1.82, 2.24) is 18.9 Å². The Morgan fingerprint density at radius 3 is 1.29 bits per heavy atom. The van der Waals surface area contributed by atoms with Gasteiger partial charge in [0.05, 0.1) is 36.0 Å². The average Bonchev–Trinajstić information content (AvgIpc) is 4.27. The number of rotatable bonds is 12. The second-order valence-corrected chi connectivity index (χ2v) is 18.6. The number of anilines is 2. The SMILES string of the molecule is C/C=C/c1ccc2n(c1=O)C[C@@H]1[C@@H](CO)[C@H](C(=O)Nc3ccccc3)[C@H]2N1C(=O)CC1CC1.C/C=C\c1ccc2n(c1=O)C[C@@H]1[C@@H](CO)[C@H](C(=O)Nc3ccccc3)[C@H]2N1C(=O)CC1CC1. The van der Waals surface area contributed by atoms with Crippen LogP contribution in [0.15, 0.2) is 107 Å². The average molecular weight is 895 g/mol. The van der Waals surface area contributed by atoms with Crippen LogP contribution in [0.1, 0.15) is 87.0 Å². The number of aliphatic hydroxyl groups is 2. The van der Waals surface area contributed by atoms with Crippen LogP contribution in [-0.2, 0) is 32.3 Å². The van der Waals surface area contributed by atoms with E-state index in [1.54, 1.807) is 43.2 Å². The van der Waals surface area contributed by atoms with E-state index in [-0.39, 0.29) is 61.1 Å². The van der Waals surface area contributed by atoms with Crippen LogP contribution in [0.25, 0.3) is 12.2 Å². The van der Waals surface area contributed by atoms with Gasteiger partial charge in [-0.3, -0.25) is 28.8 Å². The number of pyridine rings is 2. The monoisotopic (exact) mass is 894 g/mol. The topological polar surface area (TPSA) is 183 Å². The minimum Gasteiger partial charge on any atom is -0.396 e. The van der Waals surface area contributed by atoms with Gasteiger partial charge in [0.15, 0.2) is 0 Å². The Morgan fingerprint density at radius 2 is 0.955 bits per heavy atom. The predicted molar refractivity (Wildman–Crippen MR) is 251 cm³/mol. The Hall–Kier alpha value is -6.38. The van der Waals surface area contributed by atoms with Gasteiger partial charge in [-0.2, -0.15) is 0 Å². The van der Waals surface area contributed by atoms with Crippen LogP contribution in [0.4, 0.5) is 11.4 Å². The summed E-state index contributed by atoms with van der Waals surface area (Å²) in [4.78, 5) is 83.8. The third kappa shape index (κ3) is 8.48. The molecule has 2 aromatic heterocycles. The van der Waals surface area contributed by atoms with Crippen molar-refractivity contribution in [2.75, 3.05) is 23.8 Å². The van der Waals surface area contributed by atoms with Crippen molar-refractivity contribution in [2.24, 2.45) is 35.5 Å². The number of carbonyl (C=O) groups excluding carboxylic acids is 4. The number of amides is 4. The smallest absolute Gasteiger partial charge is 0.258 e. The van der Waals surface area contributed by atoms with Crippen LogP contribution in [0.3, 0.4) is 0 Å². The normalized spacial score (nSPS) is 25.8. The molecule has 4 amide bonds. The van der Waals surface area contributed by atoms with Gasteiger partial charge in [0.2, 0.25) is 23.6 Å². The van der Waals surface area contributed by atoms with Gasteiger partial charge in [-0.25, -0.2) is 0 Å². The van der Waals surface area contributed by atoms with E-state index >= 15 is 0 Å². The van der Waals surface area contributed by atoms with Crippen molar-refractivity contribution in [3.63, 3.8) is 0 Å². The van der Waals surface area contributed by atoms with E-state index in [0.717, 1.165) is 25.7 Å². The molecule has 0 spiro atoms. The maximum absolute atomic E-state index is 13.5. The molecule has 2 aromatic carbocycles. The van der Waals surface area contributed by atoms with E-state index < -0.39 is 47.8 Å². The van der Waals surface area contributed by atoms with E-state index in [9.17, 15) is 39.0 Å². The number of hydrogen-bond donors (Lipinski definition) is 4. The zero-order valence-electron chi connectivity index (χ0n) is 37.4. The zero-order valence-corrected chi connectivity index (χ0v) is 37.4. The lowest BCUT2D eigenvalue weighted by Crippen LogP contribution is -2.49. The molecule has 6 heterocycles. The molecule has 2 aliphatic carbocycles. The van der Waals surface area contributed by atoms with Crippen molar-refractivity contribution in [2.45, 2.75) is 89.6 Å². The molecular weight excluding hydrogens is 837 g/mol. The number of benzene rings is 2. The second kappa shape index (κ2) is 18.8. The molecule has 4 bridgehead atoms. The fourth-order valence-electron chi connectivity index (χ4n) is 11.0. The van der Waals surface area contributed by atoms with Gasteiger partial charge < -0.3 is 39.8 Å². The molecular formula is C52H58N6O8. The molecule has 6 aliphatic rings. The molecule has 4 aliphatic heterocycles. The minimum absolute atomic E-state index is 0.0113. The highest BCUT2D eigenvalue weighted by atomic mass is 16.3. The van der Waals surface area contributed by atoms with Gasteiger partial charge in [-0.05, 0) is 99.9 Å². The highest BCUT2D eigenvalue weighted by Crippen LogP contribution is 2.51. The summed E-state index contributed by atoms with van der Waals surface area (Å²) in [5, 5.41) is 26.7. The first-order valence-electron chi connectivity index (χ1n) is 23.3. The van der Waals surface area contributed by atoms with Gasteiger partial charge in [0.25, 0.3) is 11.1 Å². The molecule has 2 saturated heterocycles. The molecule has 8 atom stereocenters. The van der Waals surface area contributed by atoms with E-state index in [0.29, 0.717) is 58.6 Å². The predicted octanol–water partition coefficient (Wildman–Crippen LogP) is 5.62. The first-order chi connectivity index (χ1) is 32.1. The molecule has 10 rings (SSSR count). The number of aromatic nitrogens is 2. The number of fused-ring (bicyclic) bond motifs is 8. The number of aliphatic hydroxyl groups excluding tert-OH is 2. The highest BCUT2D eigenvalue weighted by molar-refractivity contribution is 5.95. The lowest BCUT2D eigenvalue weighted by Gasteiger charge is -2.38. The Bertz CT molecular complexity index is 2490. The van der Waals surface area contributed by atoms with Crippen LogP contribution in [0.5, 0.6) is 0 Å². The van der Waals surface area contributed by atoms with Crippen LogP contribution < -0.4 is 21.8 Å². The fraction of sp³-hybridized carbons (Fsp3) is 0.423. The summed E-state index contributed by atoms with van der Waals surface area (Å²) in [5.41, 5.74) is 3.55. The van der Waals surface area contributed by atoms with Gasteiger partial charge >= 0.3 is 0 Å². The molecule has 344 valence electrons. The van der Waals surface area contributed by atoms with E-state index in [1.807, 2.05) is 98.8 Å². The summed E-state index contributed by atoms with van der Waals surface area (Å²) < 4.78 is 3.40. The van der Waals surface area contributed by atoms with Crippen molar-refractivity contribution < 1.29 is 29.4 Å². The molecule has 14 heteroatoms. The molecule has 14 nitrogen and oxygen atoms in total. The number of nitrogens with zero attached hydrogens (tertiary/aromatic N) is 4. The lowest BCUT2D eigenvalue weighted by atomic mass is 9.86. The van der Waals surface area contributed by atoms with Crippen molar-refractivity contribution in [3.05, 3.63) is 140 Å². The van der Waals surface area contributed by atoms with E-state index in [2.05, 4.69) is 10.6 Å². The Balaban J connectivity index is 0.000000166. The van der Waals surface area contributed by atoms with Gasteiger partial charge in [-0.1, -0.05) is 60.7 Å². The Labute approximate surface area is 383 Å². The number of hydrogen-bond acceptors (Lipinski definition) is 8.